The molecule has 94 valence electrons. The van der Waals surface area contributed by atoms with Crippen LogP contribution < -0.4 is 10.5 Å². The van der Waals surface area contributed by atoms with Crippen LogP contribution in [0.15, 0.2) is 54.7 Å². The van der Waals surface area contributed by atoms with Gasteiger partial charge in [0, 0.05) is 10.9 Å². The van der Waals surface area contributed by atoms with Crippen molar-refractivity contribution < 1.29 is 4.74 Å². The predicted molar refractivity (Wildman–Crippen MR) is 78.1 cm³/mol. The van der Waals surface area contributed by atoms with Gasteiger partial charge >= 0.3 is 0 Å². The summed E-state index contributed by atoms with van der Waals surface area (Å²) in [5.41, 5.74) is 8.34. The largest absolute Gasteiger partial charge is 0.496 e. The van der Waals surface area contributed by atoms with Crippen molar-refractivity contribution in [1.82, 2.24) is 4.98 Å². The third-order valence-electron chi connectivity index (χ3n) is 3.17. The normalized spacial score (nSPS) is 10.6. The van der Waals surface area contributed by atoms with E-state index in [4.69, 9.17) is 10.5 Å². The Kier molecular flexibility index (Phi) is 2.80. The highest BCUT2D eigenvalue weighted by atomic mass is 16.5. The molecule has 0 saturated carbocycles. The van der Waals surface area contributed by atoms with Gasteiger partial charge in [-0.1, -0.05) is 24.3 Å². The van der Waals surface area contributed by atoms with E-state index in [0.29, 0.717) is 5.69 Å². The van der Waals surface area contributed by atoms with Crippen LogP contribution in [0.5, 0.6) is 5.75 Å². The van der Waals surface area contributed by atoms with Crippen molar-refractivity contribution in [2.24, 2.45) is 0 Å². The quantitative estimate of drug-likeness (QED) is 0.757. The Morgan fingerprint density at radius 1 is 0.947 bits per heavy atom. The first-order valence-corrected chi connectivity index (χ1v) is 6.07. The molecular formula is C16H14N2O. The summed E-state index contributed by atoms with van der Waals surface area (Å²) in [6.45, 7) is 0. The van der Waals surface area contributed by atoms with Gasteiger partial charge in [-0.15, -0.1) is 0 Å². The number of anilines is 1. The monoisotopic (exact) mass is 250 g/mol. The summed E-state index contributed by atoms with van der Waals surface area (Å²) in [5, 5.41) is 2.21. The third kappa shape index (κ3) is 1.99. The van der Waals surface area contributed by atoms with E-state index in [-0.39, 0.29) is 0 Å². The molecule has 0 spiro atoms. The van der Waals surface area contributed by atoms with E-state index in [1.807, 2.05) is 36.4 Å². The first-order valence-electron chi connectivity index (χ1n) is 6.07. The molecule has 3 nitrogen and oxygen atoms in total. The molecule has 0 radical (unpaired) electrons. The van der Waals surface area contributed by atoms with E-state index in [0.717, 1.165) is 27.8 Å². The topological polar surface area (TPSA) is 48.1 Å². The van der Waals surface area contributed by atoms with E-state index < -0.39 is 0 Å². The Hall–Kier alpha value is -2.55. The van der Waals surface area contributed by atoms with Crippen molar-refractivity contribution in [3.8, 4) is 17.0 Å². The average molecular weight is 250 g/mol. The molecule has 0 amide bonds. The zero-order chi connectivity index (χ0) is 13.2. The summed E-state index contributed by atoms with van der Waals surface area (Å²) in [5.74, 6) is 0.870. The highest BCUT2D eigenvalue weighted by Crippen LogP contribution is 2.33. The number of nitrogens with zero attached hydrogens (tertiary/aromatic N) is 1. The lowest BCUT2D eigenvalue weighted by molar-refractivity contribution is 0.420. The summed E-state index contributed by atoms with van der Waals surface area (Å²) in [6, 6.07) is 15.9. The van der Waals surface area contributed by atoms with Gasteiger partial charge in [0.15, 0.2) is 0 Å². The minimum atomic E-state index is 0.668. The Morgan fingerprint density at radius 3 is 2.42 bits per heavy atom. The molecule has 3 heteroatoms. The molecule has 2 N–H and O–H groups in total. The van der Waals surface area contributed by atoms with E-state index in [2.05, 4.69) is 17.1 Å². The maximum absolute atomic E-state index is 5.68. The number of hydrogen-bond donors (Lipinski definition) is 1. The summed E-state index contributed by atoms with van der Waals surface area (Å²) < 4.78 is 5.40. The lowest BCUT2D eigenvalue weighted by Crippen LogP contribution is -1.91. The van der Waals surface area contributed by atoms with Gasteiger partial charge in [0.05, 0.1) is 24.7 Å². The van der Waals surface area contributed by atoms with E-state index in [9.17, 15) is 0 Å². The van der Waals surface area contributed by atoms with Crippen molar-refractivity contribution in [1.29, 1.82) is 0 Å². The second-order valence-electron chi connectivity index (χ2n) is 4.34. The van der Waals surface area contributed by atoms with Gasteiger partial charge in [-0.3, -0.25) is 4.98 Å². The zero-order valence-corrected chi connectivity index (χ0v) is 10.6. The van der Waals surface area contributed by atoms with Crippen molar-refractivity contribution in [3.63, 3.8) is 0 Å². The first-order chi connectivity index (χ1) is 9.29. The SMILES string of the molecule is COc1ccc(-c2ccc(N)cn2)c2ccccc12. The standard InChI is InChI=1S/C16H14N2O/c1-19-16-9-7-13(12-4-2-3-5-14(12)16)15-8-6-11(17)10-18-15/h2-10H,17H2,1H3. The lowest BCUT2D eigenvalue weighted by Gasteiger charge is -2.10. The van der Waals surface area contributed by atoms with Crippen molar-refractivity contribution in [2.75, 3.05) is 12.8 Å². The average Bonchev–Trinajstić information content (AvgIpc) is 2.47. The maximum atomic E-state index is 5.68. The fourth-order valence-electron chi connectivity index (χ4n) is 2.24. The summed E-state index contributed by atoms with van der Waals surface area (Å²) in [4.78, 5) is 4.39. The van der Waals surface area contributed by atoms with E-state index >= 15 is 0 Å². The van der Waals surface area contributed by atoms with Crippen LogP contribution in [0.3, 0.4) is 0 Å². The van der Waals surface area contributed by atoms with Crippen LogP contribution in [-0.2, 0) is 0 Å². The van der Waals surface area contributed by atoms with Crippen LogP contribution in [0.25, 0.3) is 22.0 Å². The van der Waals surface area contributed by atoms with Gasteiger partial charge in [-0.25, -0.2) is 0 Å². The number of nitrogens with two attached hydrogens (primary N) is 1. The molecule has 0 aliphatic rings. The summed E-state index contributed by atoms with van der Waals surface area (Å²) in [7, 11) is 1.68. The number of pyridine rings is 1. The molecule has 2 aromatic carbocycles. The molecule has 0 bridgehead atoms. The minimum Gasteiger partial charge on any atom is -0.496 e. The molecule has 0 atom stereocenters. The van der Waals surface area contributed by atoms with Gasteiger partial charge < -0.3 is 10.5 Å². The second kappa shape index (κ2) is 4.61. The highest BCUT2D eigenvalue weighted by Gasteiger charge is 2.08. The Morgan fingerprint density at radius 2 is 1.74 bits per heavy atom. The first kappa shape index (κ1) is 11.5. The number of ether oxygens (including phenoxy) is 1. The molecule has 1 aromatic heterocycles. The number of rotatable bonds is 2. The smallest absolute Gasteiger partial charge is 0.126 e. The Labute approximate surface area is 111 Å². The zero-order valence-electron chi connectivity index (χ0n) is 10.6. The van der Waals surface area contributed by atoms with E-state index in [1.54, 1.807) is 13.3 Å². The molecule has 0 fully saturated rings. The van der Waals surface area contributed by atoms with E-state index in [1.165, 1.54) is 0 Å². The van der Waals surface area contributed by atoms with Crippen LogP contribution in [0.2, 0.25) is 0 Å². The second-order valence-corrected chi connectivity index (χ2v) is 4.34. The Balaban J connectivity index is 2.27. The van der Waals surface area contributed by atoms with Gasteiger partial charge in [0.2, 0.25) is 0 Å². The van der Waals surface area contributed by atoms with Gasteiger partial charge in [0.25, 0.3) is 0 Å². The predicted octanol–water partition coefficient (Wildman–Crippen LogP) is 3.49. The van der Waals surface area contributed by atoms with Crippen LogP contribution in [0, 0.1) is 0 Å². The van der Waals surface area contributed by atoms with Crippen LogP contribution >= 0.6 is 0 Å². The molecule has 0 aliphatic carbocycles. The van der Waals surface area contributed by atoms with Crippen molar-refractivity contribution in [2.45, 2.75) is 0 Å². The third-order valence-corrected chi connectivity index (χ3v) is 3.17. The molecular weight excluding hydrogens is 236 g/mol. The summed E-state index contributed by atoms with van der Waals surface area (Å²) >= 11 is 0. The fraction of sp³-hybridized carbons (Fsp3) is 0.0625. The number of aromatic nitrogens is 1. The van der Waals surface area contributed by atoms with Crippen molar-refractivity contribution >= 4 is 16.5 Å². The molecule has 0 aliphatic heterocycles. The molecule has 0 unspecified atom stereocenters. The molecule has 3 rings (SSSR count). The van der Waals surface area contributed by atoms with Crippen molar-refractivity contribution in [3.05, 3.63) is 54.7 Å². The fourth-order valence-corrected chi connectivity index (χ4v) is 2.24. The van der Waals surface area contributed by atoms with Crippen LogP contribution in [-0.4, -0.2) is 12.1 Å². The van der Waals surface area contributed by atoms with Crippen LogP contribution in [0.1, 0.15) is 0 Å². The Bertz CT molecular complexity index is 720. The number of nitrogen functional groups attached to an aromatic ring is 1. The number of hydrogen-bond acceptors (Lipinski definition) is 3. The van der Waals surface area contributed by atoms with Gasteiger partial charge in [-0.2, -0.15) is 0 Å². The van der Waals surface area contributed by atoms with Gasteiger partial charge in [-0.05, 0) is 29.7 Å². The molecule has 1 heterocycles. The maximum Gasteiger partial charge on any atom is 0.126 e. The lowest BCUT2D eigenvalue weighted by atomic mass is 10.0. The molecule has 19 heavy (non-hydrogen) atoms. The van der Waals surface area contributed by atoms with Crippen LogP contribution in [0.4, 0.5) is 5.69 Å². The molecule has 3 aromatic rings. The number of methoxy groups -OCH3 is 1. The molecule has 0 saturated heterocycles. The highest BCUT2D eigenvalue weighted by molar-refractivity contribution is 5.99. The summed E-state index contributed by atoms with van der Waals surface area (Å²) in [6.07, 6.45) is 1.67. The number of benzene rings is 2. The number of fused-ring (bicyclic) bond motifs is 1. The minimum absolute atomic E-state index is 0.668. The van der Waals surface area contributed by atoms with Gasteiger partial charge in [0.1, 0.15) is 5.75 Å².